The topological polar surface area (TPSA) is 172 Å². The molecule has 1 heterocycles. The third kappa shape index (κ3) is 5.92. The van der Waals surface area contributed by atoms with Crippen LogP contribution in [0.1, 0.15) is 5.56 Å². The summed E-state index contributed by atoms with van der Waals surface area (Å²) in [5.74, 6) is 0. The highest BCUT2D eigenvalue weighted by Crippen LogP contribution is 2.61. The van der Waals surface area contributed by atoms with E-state index in [1.807, 2.05) is 0 Å². The second-order valence-electron chi connectivity index (χ2n) is 5.09. The van der Waals surface area contributed by atoms with Crippen molar-refractivity contribution in [2.24, 2.45) is 0 Å². The Labute approximate surface area is 142 Å². The molecule has 0 bridgehead atoms. The van der Waals surface area contributed by atoms with Gasteiger partial charge in [-0.15, -0.1) is 0 Å². The maximum absolute atomic E-state index is 11.8. The number of aliphatic hydroxyl groups excluding tert-OH is 3. The van der Waals surface area contributed by atoms with E-state index in [2.05, 4.69) is 13.4 Å². The monoisotopic (exact) mass is 400 g/mol. The van der Waals surface area contributed by atoms with E-state index < -0.39 is 46.9 Å². The van der Waals surface area contributed by atoms with Gasteiger partial charge in [0.15, 0.2) is 6.29 Å². The molecule has 0 aliphatic carbocycles. The van der Waals surface area contributed by atoms with Crippen molar-refractivity contribution in [3.63, 3.8) is 0 Å². The number of ether oxygens (including phenoxy) is 1. The molecule has 6 atom stereocenters. The molecule has 0 aromatic heterocycles. The van der Waals surface area contributed by atoms with Gasteiger partial charge in [-0.3, -0.25) is 9.05 Å². The predicted molar refractivity (Wildman–Crippen MR) is 80.8 cm³/mol. The zero-order valence-corrected chi connectivity index (χ0v) is 14.5. The summed E-state index contributed by atoms with van der Waals surface area (Å²) in [5, 5.41) is 28.0. The van der Waals surface area contributed by atoms with Crippen molar-refractivity contribution in [1.82, 2.24) is 0 Å². The summed E-state index contributed by atoms with van der Waals surface area (Å²) in [6.07, 6.45) is -6.46. The first-order chi connectivity index (χ1) is 11.6. The Morgan fingerprint density at radius 1 is 1.04 bits per heavy atom. The summed E-state index contributed by atoms with van der Waals surface area (Å²) in [6, 6.07) is 8.21. The van der Waals surface area contributed by atoms with Gasteiger partial charge < -0.3 is 29.8 Å². The number of benzene rings is 1. The molecule has 1 aliphatic heterocycles. The van der Waals surface area contributed by atoms with E-state index in [1.54, 1.807) is 30.3 Å². The van der Waals surface area contributed by atoms with Crippen molar-refractivity contribution >= 4 is 15.6 Å². The lowest BCUT2D eigenvalue weighted by Crippen LogP contribution is -2.34. The number of phosphoric ester groups is 2. The quantitative estimate of drug-likeness (QED) is 0.368. The lowest BCUT2D eigenvalue weighted by molar-refractivity contribution is -0.125. The van der Waals surface area contributed by atoms with Gasteiger partial charge in [-0.05, 0) is 5.56 Å². The second kappa shape index (κ2) is 8.34. The molecule has 0 saturated carbocycles. The van der Waals surface area contributed by atoms with Gasteiger partial charge in [-0.1, -0.05) is 30.3 Å². The average molecular weight is 400 g/mol. The minimum Gasteiger partial charge on any atom is -0.394 e. The van der Waals surface area contributed by atoms with Crippen LogP contribution in [0.2, 0.25) is 0 Å². The van der Waals surface area contributed by atoms with Crippen molar-refractivity contribution in [3.05, 3.63) is 35.9 Å². The van der Waals surface area contributed by atoms with Crippen LogP contribution in [0.3, 0.4) is 0 Å². The van der Waals surface area contributed by atoms with Crippen LogP contribution in [0, 0.1) is 0 Å². The molecule has 13 heteroatoms. The Bertz CT molecular complexity index is 654. The first-order valence-electron chi connectivity index (χ1n) is 7.00. The Morgan fingerprint density at radius 3 is 2.24 bits per heavy atom. The summed E-state index contributed by atoms with van der Waals surface area (Å²) in [4.78, 5) is 19.0. The van der Waals surface area contributed by atoms with E-state index in [9.17, 15) is 29.1 Å². The summed E-state index contributed by atoms with van der Waals surface area (Å²) in [6.45, 7) is -1.06. The Hall–Kier alpha value is -0.680. The molecule has 11 nitrogen and oxygen atoms in total. The molecular formula is C12H18O11P2. The minimum atomic E-state index is -5.20. The van der Waals surface area contributed by atoms with Crippen molar-refractivity contribution in [2.45, 2.75) is 31.2 Å². The summed E-state index contributed by atoms with van der Waals surface area (Å²) >= 11 is 0. The molecular weight excluding hydrogens is 382 g/mol. The van der Waals surface area contributed by atoms with E-state index in [-0.39, 0.29) is 6.61 Å². The zero-order chi connectivity index (χ0) is 18.7. The third-order valence-corrected chi connectivity index (χ3v) is 5.76. The highest BCUT2D eigenvalue weighted by Gasteiger charge is 2.48. The molecule has 1 aliphatic rings. The van der Waals surface area contributed by atoms with Gasteiger partial charge in [0.2, 0.25) is 0 Å². The van der Waals surface area contributed by atoms with E-state index >= 15 is 0 Å². The molecule has 3 unspecified atom stereocenters. The van der Waals surface area contributed by atoms with E-state index in [4.69, 9.17) is 9.84 Å². The molecule has 0 radical (unpaired) electrons. The van der Waals surface area contributed by atoms with Crippen LogP contribution in [0.4, 0.5) is 0 Å². The maximum Gasteiger partial charge on any atom is 0.483 e. The molecule has 0 amide bonds. The van der Waals surface area contributed by atoms with Crippen LogP contribution >= 0.6 is 15.6 Å². The first kappa shape index (κ1) is 20.6. The molecule has 1 fully saturated rings. The lowest BCUT2D eigenvalue weighted by atomic mass is 10.1. The highest BCUT2D eigenvalue weighted by molar-refractivity contribution is 7.61. The zero-order valence-electron chi connectivity index (χ0n) is 12.7. The van der Waals surface area contributed by atoms with Crippen LogP contribution in [-0.4, -0.2) is 56.3 Å². The molecule has 0 spiro atoms. The van der Waals surface area contributed by atoms with Gasteiger partial charge in [0.1, 0.15) is 18.3 Å². The average Bonchev–Trinajstić information content (AvgIpc) is 2.80. The van der Waals surface area contributed by atoms with Gasteiger partial charge in [0, 0.05) is 0 Å². The van der Waals surface area contributed by atoms with Gasteiger partial charge in [0.25, 0.3) is 0 Å². The fourth-order valence-electron chi connectivity index (χ4n) is 1.99. The third-order valence-electron chi connectivity index (χ3n) is 3.18. The fraction of sp³-hybridized carbons (Fsp3) is 0.500. The minimum absolute atomic E-state index is 0.373. The van der Waals surface area contributed by atoms with E-state index in [1.165, 1.54) is 0 Å². The highest BCUT2D eigenvalue weighted by atomic mass is 31.3. The molecule has 2 rings (SSSR count). The number of rotatable bonds is 8. The molecule has 1 aromatic carbocycles. The number of phosphoric acid groups is 2. The van der Waals surface area contributed by atoms with Crippen molar-refractivity contribution in [1.29, 1.82) is 0 Å². The number of hydrogen-bond donors (Lipinski definition) is 5. The van der Waals surface area contributed by atoms with E-state index in [0.717, 1.165) is 0 Å². The predicted octanol–water partition coefficient (Wildman–Crippen LogP) is -0.124. The Balaban J connectivity index is 1.93. The molecule has 5 N–H and O–H groups in total. The standard InChI is InChI=1S/C12H18O11P2/c13-6-9-10(14)11(15)12(21-9)22-25(18,19)23-24(16,17)20-7-8-4-2-1-3-5-8/h1-5,9-15H,6-7H2,(H,16,17)(H,18,19)/t9-,10-,11-,12?/m1/s1. The van der Waals surface area contributed by atoms with Gasteiger partial charge in [-0.2, -0.15) is 4.31 Å². The maximum atomic E-state index is 11.8. The molecule has 1 saturated heterocycles. The largest absolute Gasteiger partial charge is 0.483 e. The molecule has 142 valence electrons. The summed E-state index contributed by atoms with van der Waals surface area (Å²) in [7, 11) is -10.2. The molecule has 1 aromatic rings. The van der Waals surface area contributed by atoms with Crippen molar-refractivity contribution in [2.75, 3.05) is 6.61 Å². The smallest absolute Gasteiger partial charge is 0.394 e. The van der Waals surface area contributed by atoms with Crippen LogP contribution in [0.5, 0.6) is 0 Å². The number of hydrogen-bond acceptors (Lipinski definition) is 9. The fourth-order valence-corrected chi connectivity index (χ4v) is 4.12. The van der Waals surface area contributed by atoms with Crippen molar-refractivity contribution < 1.29 is 52.3 Å². The van der Waals surface area contributed by atoms with Crippen LogP contribution in [-0.2, 0) is 33.8 Å². The molecule has 25 heavy (non-hydrogen) atoms. The Morgan fingerprint density at radius 2 is 1.68 bits per heavy atom. The summed E-state index contributed by atoms with van der Waals surface area (Å²) < 4.78 is 41.5. The normalized spacial score (nSPS) is 31.4. The van der Waals surface area contributed by atoms with Gasteiger partial charge in [0.05, 0.1) is 13.2 Å². The lowest BCUT2D eigenvalue weighted by Gasteiger charge is -2.20. The SMILES string of the molecule is O=P(O)(OCc1ccccc1)OP(=O)(O)OC1O[C@H](CO)[C@@H](O)[C@H]1O. The van der Waals surface area contributed by atoms with Crippen LogP contribution < -0.4 is 0 Å². The Kier molecular flexibility index (Phi) is 6.88. The number of aliphatic hydroxyl groups is 3. The second-order valence-corrected chi connectivity index (χ2v) is 8.09. The van der Waals surface area contributed by atoms with Gasteiger partial charge >= 0.3 is 15.6 Å². The van der Waals surface area contributed by atoms with Gasteiger partial charge in [-0.25, -0.2) is 9.13 Å². The summed E-state index contributed by atoms with van der Waals surface area (Å²) in [5.41, 5.74) is 0.512. The van der Waals surface area contributed by atoms with E-state index in [0.29, 0.717) is 5.56 Å². The van der Waals surface area contributed by atoms with Crippen molar-refractivity contribution in [3.8, 4) is 0 Å². The first-order valence-corrected chi connectivity index (χ1v) is 9.99. The van der Waals surface area contributed by atoms with Crippen LogP contribution in [0.25, 0.3) is 0 Å². The van der Waals surface area contributed by atoms with Crippen LogP contribution in [0.15, 0.2) is 30.3 Å².